The smallest absolute Gasteiger partial charge is 0.242 e. The number of ether oxygens (including phenoxy) is 1. The normalized spacial score (nSPS) is 11.6. The van der Waals surface area contributed by atoms with E-state index in [1.54, 1.807) is 30.3 Å². The molecule has 0 fully saturated rings. The van der Waals surface area contributed by atoms with E-state index in [-0.39, 0.29) is 17.3 Å². The van der Waals surface area contributed by atoms with Crippen molar-refractivity contribution >= 4 is 10.0 Å². The monoisotopic (exact) mass is 309 g/mol. The summed E-state index contributed by atoms with van der Waals surface area (Å²) in [4.78, 5) is 0.202. The number of hydrogen-bond donors (Lipinski definition) is 0. The van der Waals surface area contributed by atoms with Crippen LogP contribution in [0.2, 0.25) is 0 Å². The molecule has 0 radical (unpaired) electrons. The molecule has 0 heterocycles. The zero-order chi connectivity index (χ0) is 15.5. The summed E-state index contributed by atoms with van der Waals surface area (Å²) in [6.07, 6.45) is 0. The summed E-state index contributed by atoms with van der Waals surface area (Å²) in [5.74, 6) is 0.0207. The van der Waals surface area contributed by atoms with Gasteiger partial charge in [0.1, 0.15) is 18.2 Å². The first kappa shape index (κ1) is 15.5. The highest BCUT2D eigenvalue weighted by atomic mass is 32.2. The Hall–Kier alpha value is -1.92. The van der Waals surface area contributed by atoms with E-state index < -0.39 is 10.0 Å². The van der Waals surface area contributed by atoms with Crippen LogP contribution >= 0.6 is 0 Å². The SMILES string of the molecule is CN(C)S(=O)(=O)c1cccc(COc2cccc(F)c2)c1. The summed E-state index contributed by atoms with van der Waals surface area (Å²) >= 11 is 0. The van der Waals surface area contributed by atoms with Crippen molar-refractivity contribution in [2.24, 2.45) is 0 Å². The van der Waals surface area contributed by atoms with Gasteiger partial charge in [-0.25, -0.2) is 17.1 Å². The van der Waals surface area contributed by atoms with Crippen molar-refractivity contribution in [1.82, 2.24) is 4.31 Å². The molecule has 2 aromatic rings. The van der Waals surface area contributed by atoms with E-state index in [1.807, 2.05) is 0 Å². The topological polar surface area (TPSA) is 46.6 Å². The van der Waals surface area contributed by atoms with Crippen LogP contribution in [-0.4, -0.2) is 26.8 Å². The first-order chi connectivity index (χ1) is 9.89. The Bertz CT molecular complexity index is 729. The maximum Gasteiger partial charge on any atom is 0.242 e. The standard InChI is InChI=1S/C15H16FNO3S/c1-17(2)21(18,19)15-8-3-5-12(9-15)11-20-14-7-4-6-13(16)10-14/h3-10H,11H2,1-2H3. The molecule has 112 valence electrons. The molecule has 6 heteroatoms. The quantitative estimate of drug-likeness (QED) is 0.853. The van der Waals surface area contributed by atoms with Crippen molar-refractivity contribution in [3.8, 4) is 5.75 Å². The Kier molecular flexibility index (Phi) is 4.59. The number of nitrogens with zero attached hydrogens (tertiary/aromatic N) is 1. The lowest BCUT2D eigenvalue weighted by molar-refractivity contribution is 0.304. The van der Waals surface area contributed by atoms with E-state index in [4.69, 9.17) is 4.74 Å². The Morgan fingerprint density at radius 2 is 1.81 bits per heavy atom. The van der Waals surface area contributed by atoms with Crippen LogP contribution in [-0.2, 0) is 16.6 Å². The van der Waals surface area contributed by atoms with E-state index in [0.717, 1.165) is 4.31 Å². The molecule has 4 nitrogen and oxygen atoms in total. The molecule has 0 amide bonds. The lowest BCUT2D eigenvalue weighted by Crippen LogP contribution is -2.22. The first-order valence-corrected chi connectivity index (χ1v) is 7.73. The second-order valence-corrected chi connectivity index (χ2v) is 6.83. The number of rotatable bonds is 5. The summed E-state index contributed by atoms with van der Waals surface area (Å²) in [7, 11) is -0.516. The van der Waals surface area contributed by atoms with Crippen molar-refractivity contribution in [2.75, 3.05) is 14.1 Å². The lowest BCUT2D eigenvalue weighted by Gasteiger charge is -2.12. The van der Waals surface area contributed by atoms with Gasteiger partial charge in [-0.15, -0.1) is 0 Å². The highest BCUT2D eigenvalue weighted by Gasteiger charge is 2.17. The molecule has 0 aromatic heterocycles. The van der Waals surface area contributed by atoms with Crippen LogP contribution in [0.15, 0.2) is 53.4 Å². The molecular weight excluding hydrogens is 293 g/mol. The van der Waals surface area contributed by atoms with Gasteiger partial charge in [-0.3, -0.25) is 0 Å². The van der Waals surface area contributed by atoms with Gasteiger partial charge in [0.2, 0.25) is 10.0 Å². The lowest BCUT2D eigenvalue weighted by atomic mass is 10.2. The van der Waals surface area contributed by atoms with Crippen LogP contribution in [0.25, 0.3) is 0 Å². The largest absolute Gasteiger partial charge is 0.489 e. The minimum absolute atomic E-state index is 0.167. The molecule has 2 rings (SSSR count). The third kappa shape index (κ3) is 3.80. The number of halogens is 1. The average Bonchev–Trinajstić information content (AvgIpc) is 2.45. The van der Waals surface area contributed by atoms with Crippen molar-refractivity contribution < 1.29 is 17.5 Å². The van der Waals surface area contributed by atoms with Crippen LogP contribution in [0.4, 0.5) is 4.39 Å². The van der Waals surface area contributed by atoms with Crippen LogP contribution in [0.1, 0.15) is 5.56 Å². The fraction of sp³-hybridized carbons (Fsp3) is 0.200. The highest BCUT2D eigenvalue weighted by Crippen LogP contribution is 2.17. The van der Waals surface area contributed by atoms with E-state index >= 15 is 0 Å². The zero-order valence-corrected chi connectivity index (χ0v) is 12.6. The maximum atomic E-state index is 13.0. The molecular formula is C15H16FNO3S. The van der Waals surface area contributed by atoms with Crippen LogP contribution < -0.4 is 4.74 Å². The van der Waals surface area contributed by atoms with Gasteiger partial charge in [0.05, 0.1) is 4.90 Å². The van der Waals surface area contributed by atoms with Crippen molar-refractivity contribution in [3.63, 3.8) is 0 Å². The fourth-order valence-corrected chi connectivity index (χ4v) is 2.70. The average molecular weight is 309 g/mol. The zero-order valence-electron chi connectivity index (χ0n) is 11.8. The summed E-state index contributed by atoms with van der Waals surface area (Å²) in [6.45, 7) is 0.167. The molecule has 0 saturated carbocycles. The second kappa shape index (κ2) is 6.24. The Morgan fingerprint density at radius 3 is 2.48 bits per heavy atom. The van der Waals surface area contributed by atoms with E-state index in [9.17, 15) is 12.8 Å². The summed E-state index contributed by atoms with van der Waals surface area (Å²) < 4.78 is 43.7. The minimum atomic E-state index is -3.47. The molecule has 0 aliphatic carbocycles. The molecule has 21 heavy (non-hydrogen) atoms. The Labute approximate surface area is 123 Å². The number of sulfonamides is 1. The third-order valence-corrected chi connectivity index (χ3v) is 4.69. The molecule has 0 aliphatic rings. The molecule has 0 saturated heterocycles. The molecule has 2 aromatic carbocycles. The Morgan fingerprint density at radius 1 is 1.10 bits per heavy atom. The van der Waals surface area contributed by atoms with Crippen molar-refractivity contribution in [2.45, 2.75) is 11.5 Å². The van der Waals surface area contributed by atoms with Crippen LogP contribution in [0.5, 0.6) is 5.75 Å². The second-order valence-electron chi connectivity index (χ2n) is 4.68. The van der Waals surface area contributed by atoms with Crippen molar-refractivity contribution in [1.29, 1.82) is 0 Å². The summed E-state index contributed by atoms with van der Waals surface area (Å²) in [6, 6.07) is 12.3. The van der Waals surface area contributed by atoms with Gasteiger partial charge in [-0.1, -0.05) is 18.2 Å². The molecule has 0 spiro atoms. The van der Waals surface area contributed by atoms with Gasteiger partial charge < -0.3 is 4.74 Å². The summed E-state index contributed by atoms with van der Waals surface area (Å²) in [5.41, 5.74) is 0.696. The highest BCUT2D eigenvalue weighted by molar-refractivity contribution is 7.89. The van der Waals surface area contributed by atoms with Gasteiger partial charge in [0.25, 0.3) is 0 Å². The number of hydrogen-bond acceptors (Lipinski definition) is 3. The summed E-state index contributed by atoms with van der Waals surface area (Å²) in [5, 5.41) is 0. The Balaban J connectivity index is 2.15. The van der Waals surface area contributed by atoms with Gasteiger partial charge >= 0.3 is 0 Å². The number of benzene rings is 2. The van der Waals surface area contributed by atoms with Gasteiger partial charge in [-0.05, 0) is 29.8 Å². The van der Waals surface area contributed by atoms with Crippen molar-refractivity contribution in [3.05, 3.63) is 59.9 Å². The molecule has 0 bridgehead atoms. The fourth-order valence-electron chi connectivity index (χ4n) is 1.73. The van der Waals surface area contributed by atoms with Crippen LogP contribution in [0, 0.1) is 5.82 Å². The predicted octanol–water partition coefficient (Wildman–Crippen LogP) is 2.66. The molecule has 0 aliphatic heterocycles. The third-order valence-electron chi connectivity index (χ3n) is 2.88. The van der Waals surface area contributed by atoms with E-state index in [1.165, 1.54) is 32.3 Å². The van der Waals surface area contributed by atoms with Gasteiger partial charge in [0, 0.05) is 20.2 Å². The molecule has 0 unspecified atom stereocenters. The minimum Gasteiger partial charge on any atom is -0.489 e. The van der Waals surface area contributed by atoms with E-state index in [0.29, 0.717) is 11.3 Å². The van der Waals surface area contributed by atoms with Gasteiger partial charge in [0.15, 0.2) is 0 Å². The van der Waals surface area contributed by atoms with Crippen LogP contribution in [0.3, 0.4) is 0 Å². The first-order valence-electron chi connectivity index (χ1n) is 6.29. The maximum absolute atomic E-state index is 13.0. The van der Waals surface area contributed by atoms with E-state index in [2.05, 4.69) is 0 Å². The van der Waals surface area contributed by atoms with Gasteiger partial charge in [-0.2, -0.15) is 0 Å². The molecule has 0 N–H and O–H groups in total. The predicted molar refractivity (Wildman–Crippen MR) is 78.0 cm³/mol. The molecule has 0 atom stereocenters.